The molecule has 9 nitrogen and oxygen atoms in total. The van der Waals surface area contributed by atoms with Crippen molar-refractivity contribution in [1.82, 2.24) is 0 Å². The molecule has 1 aliphatic rings. The minimum Gasteiger partial charge on any atom is -0.394 e. The molecule has 20 heavy (non-hydrogen) atoms. The van der Waals surface area contributed by atoms with Gasteiger partial charge in [-0.25, -0.2) is 0 Å². The Morgan fingerprint density at radius 1 is 1.30 bits per heavy atom. The Labute approximate surface area is 115 Å². The molecule has 0 saturated heterocycles. The highest BCUT2D eigenvalue weighted by molar-refractivity contribution is 7.86. The van der Waals surface area contributed by atoms with Crippen LogP contribution in [0.5, 0.6) is 0 Å². The van der Waals surface area contributed by atoms with Crippen LogP contribution in [0, 0.1) is 10.1 Å². The smallest absolute Gasteiger partial charge is 0.367 e. The fraction of sp³-hybridized carbons (Fsp3) is 0.600. The van der Waals surface area contributed by atoms with E-state index in [-0.39, 0.29) is 26.4 Å². The SMILES string of the molecule is O=[N+]([O-])C1(OCCOCCO)C=CC=CC1S(=O)(=O)O. The zero-order valence-electron chi connectivity index (χ0n) is 10.4. The number of nitro groups is 1. The summed E-state index contributed by atoms with van der Waals surface area (Å²) in [6.07, 6.45) is 4.47. The van der Waals surface area contributed by atoms with Crippen molar-refractivity contribution in [3.8, 4) is 0 Å². The van der Waals surface area contributed by atoms with E-state index in [1.54, 1.807) is 0 Å². The van der Waals surface area contributed by atoms with Crippen molar-refractivity contribution in [2.24, 2.45) is 0 Å². The van der Waals surface area contributed by atoms with Crippen molar-refractivity contribution >= 4 is 10.1 Å². The van der Waals surface area contributed by atoms with Gasteiger partial charge in [0.25, 0.3) is 10.1 Å². The minimum absolute atomic E-state index is 0.0340. The Kier molecular flexibility index (Phi) is 5.77. The second-order valence-electron chi connectivity index (χ2n) is 3.87. The summed E-state index contributed by atoms with van der Waals surface area (Å²) in [5.74, 6) is 0. The molecule has 0 heterocycles. The first-order valence-electron chi connectivity index (χ1n) is 5.64. The third-order valence-electron chi connectivity index (χ3n) is 2.54. The van der Waals surface area contributed by atoms with Gasteiger partial charge in [0.15, 0.2) is 0 Å². The first kappa shape index (κ1) is 16.7. The van der Waals surface area contributed by atoms with E-state index in [9.17, 15) is 18.5 Å². The number of rotatable bonds is 8. The van der Waals surface area contributed by atoms with Gasteiger partial charge in [0, 0.05) is 6.08 Å². The summed E-state index contributed by atoms with van der Waals surface area (Å²) in [4.78, 5) is 10.3. The van der Waals surface area contributed by atoms with E-state index in [4.69, 9.17) is 19.1 Å². The zero-order valence-corrected chi connectivity index (χ0v) is 11.2. The first-order chi connectivity index (χ1) is 9.34. The van der Waals surface area contributed by atoms with Crippen molar-refractivity contribution in [3.05, 3.63) is 34.4 Å². The third kappa shape index (κ3) is 3.84. The van der Waals surface area contributed by atoms with Crippen molar-refractivity contribution in [2.75, 3.05) is 26.4 Å². The second-order valence-corrected chi connectivity index (χ2v) is 5.41. The summed E-state index contributed by atoms with van der Waals surface area (Å²) in [6, 6.07) is 0. The molecule has 2 N–H and O–H groups in total. The maximum Gasteiger partial charge on any atom is 0.367 e. The van der Waals surface area contributed by atoms with Gasteiger partial charge in [-0.2, -0.15) is 8.42 Å². The Hall–Kier alpha value is -1.33. The Bertz CT molecular complexity index is 499. The van der Waals surface area contributed by atoms with Crippen LogP contribution in [0.4, 0.5) is 0 Å². The van der Waals surface area contributed by atoms with Crippen molar-refractivity contribution in [2.45, 2.75) is 11.0 Å². The molecule has 0 aliphatic heterocycles. The molecule has 2 atom stereocenters. The number of hydrogen-bond acceptors (Lipinski definition) is 7. The molecule has 0 amide bonds. The predicted octanol–water partition coefficient (Wildman–Crippen LogP) is -0.633. The minimum atomic E-state index is -4.71. The summed E-state index contributed by atoms with van der Waals surface area (Å²) in [5.41, 5.74) is -2.40. The molecular weight excluding hydrogens is 294 g/mol. The number of nitrogens with zero attached hydrogens (tertiary/aromatic N) is 1. The highest BCUT2D eigenvalue weighted by atomic mass is 32.2. The molecule has 0 spiro atoms. The average Bonchev–Trinajstić information content (AvgIpc) is 2.37. The van der Waals surface area contributed by atoms with Gasteiger partial charge in [0.05, 0.1) is 31.4 Å². The van der Waals surface area contributed by atoms with Gasteiger partial charge in [-0.3, -0.25) is 14.7 Å². The molecule has 0 aromatic rings. The lowest BCUT2D eigenvalue weighted by Gasteiger charge is -2.28. The molecule has 0 aromatic heterocycles. The Morgan fingerprint density at radius 3 is 2.55 bits per heavy atom. The molecule has 0 aromatic carbocycles. The van der Waals surface area contributed by atoms with Crippen molar-refractivity contribution in [1.29, 1.82) is 0 Å². The van der Waals surface area contributed by atoms with E-state index in [0.717, 1.165) is 12.2 Å². The summed E-state index contributed by atoms with van der Waals surface area (Å²) < 4.78 is 41.5. The molecule has 1 rings (SSSR count). The second kappa shape index (κ2) is 6.90. The van der Waals surface area contributed by atoms with E-state index in [1.807, 2.05) is 0 Å². The number of aliphatic hydroxyl groups excluding tert-OH is 1. The fourth-order valence-corrected chi connectivity index (χ4v) is 2.63. The Balaban J connectivity index is 2.87. The van der Waals surface area contributed by atoms with Gasteiger partial charge < -0.3 is 14.6 Å². The molecule has 0 radical (unpaired) electrons. The molecule has 1 aliphatic carbocycles. The predicted molar refractivity (Wildman–Crippen MR) is 67.2 cm³/mol. The summed E-state index contributed by atoms with van der Waals surface area (Å²) in [5, 5.41) is 17.8. The van der Waals surface area contributed by atoms with Crippen molar-refractivity contribution < 1.29 is 32.5 Å². The number of hydrogen-bond donors (Lipinski definition) is 2. The third-order valence-corrected chi connectivity index (χ3v) is 3.68. The Morgan fingerprint density at radius 2 is 2.00 bits per heavy atom. The molecule has 0 bridgehead atoms. The van der Waals surface area contributed by atoms with Crippen LogP contribution in [0.3, 0.4) is 0 Å². The van der Waals surface area contributed by atoms with Crippen LogP contribution in [0.1, 0.15) is 0 Å². The molecule has 2 unspecified atom stereocenters. The molecule has 0 saturated carbocycles. The van der Waals surface area contributed by atoms with Gasteiger partial charge in [0.2, 0.25) is 5.25 Å². The lowest BCUT2D eigenvalue weighted by Crippen LogP contribution is -2.53. The number of allylic oxidation sites excluding steroid dienone is 2. The summed E-state index contributed by atoms with van der Waals surface area (Å²) >= 11 is 0. The normalized spacial score (nSPS) is 25.8. The molecule has 10 heteroatoms. The van der Waals surface area contributed by atoms with Gasteiger partial charge in [0.1, 0.15) is 0 Å². The van der Waals surface area contributed by atoms with Crippen LogP contribution >= 0.6 is 0 Å². The highest BCUT2D eigenvalue weighted by Gasteiger charge is 2.56. The maximum absolute atomic E-state index is 11.3. The molecule has 0 fully saturated rings. The standard InChI is InChI=1S/C10H15NO8S/c12-5-6-18-7-8-19-10(11(13)14)4-2-1-3-9(10)20(15,16)17/h1-4,9,12H,5-8H2,(H,15,16,17). The van der Waals surface area contributed by atoms with E-state index >= 15 is 0 Å². The van der Waals surface area contributed by atoms with E-state index < -0.39 is 26.0 Å². The monoisotopic (exact) mass is 309 g/mol. The quantitative estimate of drug-likeness (QED) is 0.199. The van der Waals surface area contributed by atoms with Crippen LogP contribution in [0.15, 0.2) is 24.3 Å². The van der Waals surface area contributed by atoms with E-state index in [0.29, 0.717) is 0 Å². The fourth-order valence-electron chi connectivity index (χ4n) is 1.68. The van der Waals surface area contributed by atoms with Gasteiger partial charge in [-0.1, -0.05) is 18.2 Å². The van der Waals surface area contributed by atoms with Crippen molar-refractivity contribution in [3.63, 3.8) is 0 Å². The lowest BCUT2D eigenvalue weighted by atomic mass is 10.0. The van der Waals surface area contributed by atoms with Gasteiger partial charge >= 0.3 is 5.72 Å². The summed E-state index contributed by atoms with van der Waals surface area (Å²) in [6.45, 7) is -0.514. The topological polar surface area (TPSA) is 136 Å². The van der Waals surface area contributed by atoms with Gasteiger partial charge in [-0.05, 0) is 0 Å². The summed E-state index contributed by atoms with van der Waals surface area (Å²) in [7, 11) is -4.71. The van der Waals surface area contributed by atoms with E-state index in [2.05, 4.69) is 0 Å². The lowest BCUT2D eigenvalue weighted by molar-refractivity contribution is -0.611. The van der Waals surface area contributed by atoms with Crippen LogP contribution in [0.25, 0.3) is 0 Å². The van der Waals surface area contributed by atoms with Crippen LogP contribution in [-0.4, -0.2) is 60.4 Å². The van der Waals surface area contributed by atoms with Gasteiger partial charge in [-0.15, -0.1) is 0 Å². The van der Waals surface area contributed by atoms with Crippen LogP contribution in [0.2, 0.25) is 0 Å². The number of ether oxygens (including phenoxy) is 2. The van der Waals surface area contributed by atoms with E-state index in [1.165, 1.54) is 12.2 Å². The van der Waals surface area contributed by atoms with Crippen LogP contribution < -0.4 is 0 Å². The zero-order chi connectivity index (χ0) is 15.2. The number of aliphatic hydroxyl groups is 1. The first-order valence-corrected chi connectivity index (χ1v) is 7.14. The molecular formula is C10H15NO8S. The average molecular weight is 309 g/mol. The highest BCUT2D eigenvalue weighted by Crippen LogP contribution is 2.28. The largest absolute Gasteiger partial charge is 0.394 e. The molecule has 114 valence electrons. The van der Waals surface area contributed by atoms with Crippen LogP contribution in [-0.2, 0) is 19.6 Å². The maximum atomic E-state index is 11.3.